The van der Waals surface area contributed by atoms with Gasteiger partial charge >= 0.3 is 0 Å². The van der Waals surface area contributed by atoms with Crippen LogP contribution in [0.15, 0.2) is 8.13 Å². The molecule has 1 unspecified atom stereocenters. The van der Waals surface area contributed by atoms with E-state index in [1.165, 1.54) is 11.3 Å². The molecule has 0 spiro atoms. The van der Waals surface area contributed by atoms with E-state index in [2.05, 4.69) is 20.9 Å². The third-order valence-corrected chi connectivity index (χ3v) is 3.58. The minimum Gasteiger partial charge on any atom is -0.302 e. The number of aryl methyl sites for hydroxylation is 1. The number of hydrogen-bond acceptors (Lipinski definition) is 3. The number of nitrogens with zero attached hydrogens (tertiary/aromatic N) is 1. The molecule has 0 bridgehead atoms. The number of thiazole rings is 1. The van der Waals surface area contributed by atoms with Gasteiger partial charge in [0.15, 0.2) is 15.0 Å². The molecule has 6 heteroatoms. The summed E-state index contributed by atoms with van der Waals surface area (Å²) in [6.07, 6.45) is 0. The zero-order chi connectivity index (χ0) is 7.72. The minimum absolute atomic E-state index is 0.409. The molecule has 56 valence electrons. The Morgan fingerprint density at radius 3 is 2.60 bits per heavy atom. The molecule has 0 aliphatic carbocycles. The van der Waals surface area contributed by atoms with Crippen molar-refractivity contribution < 1.29 is 8.76 Å². The van der Waals surface area contributed by atoms with E-state index in [9.17, 15) is 4.21 Å². The van der Waals surface area contributed by atoms with Crippen LogP contribution in [0.1, 0.15) is 5.69 Å². The van der Waals surface area contributed by atoms with Crippen LogP contribution in [0.3, 0.4) is 0 Å². The Kier molecular flexibility index (Phi) is 2.56. The van der Waals surface area contributed by atoms with Gasteiger partial charge in [0.1, 0.15) is 4.21 Å². The third kappa shape index (κ3) is 1.63. The summed E-state index contributed by atoms with van der Waals surface area (Å²) in [6, 6.07) is 0. The smallest absolute Gasteiger partial charge is 0.198 e. The van der Waals surface area contributed by atoms with Gasteiger partial charge in [0.2, 0.25) is 0 Å². The van der Waals surface area contributed by atoms with Crippen molar-refractivity contribution in [3.05, 3.63) is 9.61 Å². The summed E-state index contributed by atoms with van der Waals surface area (Å²) in [5.41, 5.74) is 0.609. The van der Waals surface area contributed by atoms with Crippen molar-refractivity contribution in [1.82, 2.24) is 4.98 Å². The molecule has 3 nitrogen and oxygen atoms in total. The van der Waals surface area contributed by atoms with Gasteiger partial charge in [-0.15, -0.1) is 0 Å². The lowest BCUT2D eigenvalue weighted by atomic mass is 10.6. The van der Waals surface area contributed by atoms with Crippen molar-refractivity contribution >= 4 is 38.3 Å². The van der Waals surface area contributed by atoms with Gasteiger partial charge in [0, 0.05) is 0 Å². The molecule has 1 heterocycles. The maximum atomic E-state index is 10.5. The summed E-state index contributed by atoms with van der Waals surface area (Å²) in [4.78, 5) is 3.91. The average molecular weight is 242 g/mol. The van der Waals surface area contributed by atoms with Crippen LogP contribution in [-0.4, -0.2) is 13.7 Å². The fourth-order valence-corrected chi connectivity index (χ4v) is 2.93. The second kappa shape index (κ2) is 3.08. The van der Waals surface area contributed by atoms with Crippen molar-refractivity contribution in [1.29, 1.82) is 0 Å². The van der Waals surface area contributed by atoms with Crippen LogP contribution in [0.4, 0.5) is 0 Å². The van der Waals surface area contributed by atoms with Gasteiger partial charge in [-0.05, 0) is 22.9 Å². The molecule has 1 aromatic heterocycles. The highest BCUT2D eigenvalue weighted by Gasteiger charge is 2.09. The topological polar surface area (TPSA) is 50.2 Å². The van der Waals surface area contributed by atoms with Crippen LogP contribution in [0.5, 0.6) is 0 Å². The standard InChI is InChI=1S/C4H4BrNO2S2/c1-2-3(10(7)8)9-4(5)6-2/h1H3,(H,7,8). The van der Waals surface area contributed by atoms with E-state index in [0.29, 0.717) is 13.8 Å². The fraction of sp³-hybridized carbons (Fsp3) is 0.250. The first-order valence-corrected chi connectivity index (χ1v) is 5.06. The second-order valence-corrected chi connectivity index (χ2v) is 5.03. The highest BCUT2D eigenvalue weighted by molar-refractivity contribution is 9.11. The van der Waals surface area contributed by atoms with Crippen molar-refractivity contribution in [2.24, 2.45) is 0 Å². The highest BCUT2D eigenvalue weighted by atomic mass is 79.9. The Labute approximate surface area is 72.9 Å². The van der Waals surface area contributed by atoms with Crippen LogP contribution in [-0.2, 0) is 11.1 Å². The van der Waals surface area contributed by atoms with Gasteiger partial charge in [0.05, 0.1) is 5.69 Å². The van der Waals surface area contributed by atoms with E-state index in [1.807, 2.05) is 0 Å². The molecule has 1 aromatic rings. The Hall–Kier alpha value is 0.220. The molecule has 1 atom stereocenters. The summed E-state index contributed by atoms with van der Waals surface area (Å²) < 4.78 is 20.2. The monoisotopic (exact) mass is 241 g/mol. The quantitative estimate of drug-likeness (QED) is 0.764. The normalized spacial score (nSPS) is 13.5. The zero-order valence-corrected chi connectivity index (χ0v) is 8.22. The molecule has 0 aliphatic rings. The predicted octanol–water partition coefficient (Wildman–Crippen LogP) is 1.79. The first-order valence-electron chi connectivity index (χ1n) is 2.35. The van der Waals surface area contributed by atoms with Crippen LogP contribution in [0, 0.1) is 6.92 Å². The number of hydrogen-bond donors (Lipinski definition) is 1. The first kappa shape index (κ1) is 8.32. The fourth-order valence-electron chi connectivity index (χ4n) is 0.513. The number of aromatic nitrogens is 1. The molecular formula is C4H4BrNO2S2. The largest absolute Gasteiger partial charge is 0.302 e. The zero-order valence-electron chi connectivity index (χ0n) is 5.00. The summed E-state index contributed by atoms with van der Waals surface area (Å²) in [7, 11) is 0. The second-order valence-electron chi connectivity index (χ2n) is 1.59. The minimum atomic E-state index is -1.89. The van der Waals surface area contributed by atoms with E-state index in [-0.39, 0.29) is 0 Å². The lowest BCUT2D eigenvalue weighted by Gasteiger charge is -1.85. The van der Waals surface area contributed by atoms with E-state index in [0.717, 1.165) is 0 Å². The summed E-state index contributed by atoms with van der Waals surface area (Å²) in [5, 5.41) is 0. The van der Waals surface area contributed by atoms with Crippen LogP contribution < -0.4 is 0 Å². The Morgan fingerprint density at radius 2 is 2.40 bits per heavy atom. The van der Waals surface area contributed by atoms with Gasteiger partial charge in [-0.2, -0.15) is 0 Å². The summed E-state index contributed by atoms with van der Waals surface area (Å²) in [5.74, 6) is 0. The molecular weight excluding hydrogens is 238 g/mol. The van der Waals surface area contributed by atoms with Crippen molar-refractivity contribution in [2.75, 3.05) is 0 Å². The lowest BCUT2D eigenvalue weighted by Crippen LogP contribution is -1.85. The van der Waals surface area contributed by atoms with Crippen LogP contribution in [0.25, 0.3) is 0 Å². The molecule has 1 rings (SSSR count). The highest BCUT2D eigenvalue weighted by Crippen LogP contribution is 2.24. The van der Waals surface area contributed by atoms with Crippen molar-refractivity contribution in [3.8, 4) is 0 Å². The third-order valence-electron chi connectivity index (χ3n) is 0.887. The Bertz CT molecular complexity index is 272. The maximum absolute atomic E-state index is 10.5. The molecule has 10 heavy (non-hydrogen) atoms. The number of rotatable bonds is 1. The average Bonchev–Trinajstić information content (AvgIpc) is 2.10. The van der Waals surface area contributed by atoms with Gasteiger partial charge in [-0.1, -0.05) is 11.3 Å². The predicted molar refractivity (Wildman–Crippen MR) is 43.6 cm³/mol. The van der Waals surface area contributed by atoms with Gasteiger partial charge < -0.3 is 4.55 Å². The van der Waals surface area contributed by atoms with Gasteiger partial charge in [-0.3, -0.25) is 0 Å². The molecule has 0 amide bonds. The number of halogens is 1. The molecule has 1 N–H and O–H groups in total. The molecule has 0 aromatic carbocycles. The first-order chi connectivity index (χ1) is 4.61. The summed E-state index contributed by atoms with van der Waals surface area (Å²) >= 11 is 2.40. The van der Waals surface area contributed by atoms with E-state index >= 15 is 0 Å². The van der Waals surface area contributed by atoms with E-state index in [1.54, 1.807) is 6.92 Å². The molecule has 0 aliphatic heterocycles. The maximum Gasteiger partial charge on any atom is 0.198 e. The molecule has 0 saturated heterocycles. The van der Waals surface area contributed by atoms with Gasteiger partial charge in [0.25, 0.3) is 0 Å². The van der Waals surface area contributed by atoms with Crippen LogP contribution in [0.2, 0.25) is 0 Å². The molecule has 0 saturated carbocycles. The molecule has 0 radical (unpaired) electrons. The van der Waals surface area contributed by atoms with Crippen LogP contribution >= 0.6 is 27.3 Å². The molecule has 0 fully saturated rings. The summed E-state index contributed by atoms with van der Waals surface area (Å²) in [6.45, 7) is 1.70. The van der Waals surface area contributed by atoms with Gasteiger partial charge in [-0.25, -0.2) is 9.19 Å². The van der Waals surface area contributed by atoms with Crippen molar-refractivity contribution in [2.45, 2.75) is 11.1 Å². The SMILES string of the molecule is Cc1nc(Br)sc1S(=O)O. The Morgan fingerprint density at radius 1 is 1.80 bits per heavy atom. The van der Waals surface area contributed by atoms with E-state index in [4.69, 9.17) is 4.55 Å². The Balaban J connectivity index is 3.15. The van der Waals surface area contributed by atoms with E-state index < -0.39 is 11.1 Å². The van der Waals surface area contributed by atoms with Crippen molar-refractivity contribution in [3.63, 3.8) is 0 Å². The lowest BCUT2D eigenvalue weighted by molar-refractivity contribution is 0.566.